The van der Waals surface area contributed by atoms with Crippen molar-refractivity contribution in [2.45, 2.75) is 18.9 Å². The molecule has 24 heavy (non-hydrogen) atoms. The van der Waals surface area contributed by atoms with Gasteiger partial charge in [0, 0.05) is 13.1 Å². The molecule has 8 heteroatoms. The summed E-state index contributed by atoms with van der Waals surface area (Å²) in [5.74, 6) is 0.940. The molecule has 2 saturated heterocycles. The first-order chi connectivity index (χ1) is 11.6. The second-order valence-corrected chi connectivity index (χ2v) is 5.96. The largest absolute Gasteiger partial charge is 0.454 e. The predicted molar refractivity (Wildman–Crippen MR) is 79.4 cm³/mol. The van der Waals surface area contributed by atoms with E-state index in [-0.39, 0.29) is 37.7 Å². The molecular formula is C16H16N2O6. The minimum Gasteiger partial charge on any atom is -0.454 e. The third kappa shape index (κ3) is 2.53. The van der Waals surface area contributed by atoms with Gasteiger partial charge in [-0.05, 0) is 24.1 Å². The highest BCUT2D eigenvalue weighted by Gasteiger charge is 2.41. The van der Waals surface area contributed by atoms with Gasteiger partial charge in [0.25, 0.3) is 5.91 Å². The summed E-state index contributed by atoms with van der Waals surface area (Å²) in [7, 11) is 0. The zero-order valence-corrected chi connectivity index (χ0v) is 12.9. The summed E-state index contributed by atoms with van der Waals surface area (Å²) in [6.45, 7) is 0.857. The summed E-state index contributed by atoms with van der Waals surface area (Å²) in [6.07, 6.45) is 0.199. The number of rotatable bonds is 3. The molecule has 1 atom stereocenters. The second kappa shape index (κ2) is 5.70. The number of benzene rings is 1. The van der Waals surface area contributed by atoms with Crippen molar-refractivity contribution < 1.29 is 28.6 Å². The van der Waals surface area contributed by atoms with Crippen LogP contribution in [0, 0.1) is 0 Å². The summed E-state index contributed by atoms with van der Waals surface area (Å²) in [5, 5.41) is 0. The van der Waals surface area contributed by atoms with Crippen LogP contribution < -0.4 is 9.47 Å². The fourth-order valence-corrected chi connectivity index (χ4v) is 3.23. The molecule has 3 aliphatic heterocycles. The van der Waals surface area contributed by atoms with E-state index in [0.29, 0.717) is 31.0 Å². The minimum atomic E-state index is -0.616. The standard InChI is InChI=1S/C16H16N2O6/c19-14(6-10-1-2-12-13(5-10)24-9-23-12)17-4-3-11(7-17)18-15(20)8-22-16(18)21/h1-2,5,11H,3-4,6-9H2. The van der Waals surface area contributed by atoms with E-state index in [1.54, 1.807) is 17.0 Å². The van der Waals surface area contributed by atoms with Crippen molar-refractivity contribution in [2.75, 3.05) is 26.5 Å². The summed E-state index contributed by atoms with van der Waals surface area (Å²) >= 11 is 0. The molecule has 0 aromatic heterocycles. The van der Waals surface area contributed by atoms with Crippen molar-refractivity contribution >= 4 is 17.9 Å². The Labute approximate surface area is 137 Å². The molecule has 0 bridgehead atoms. The SMILES string of the molecule is O=C(Cc1ccc2c(c1)OCO2)N1CCC(N2C(=O)COC2=O)C1. The number of ether oxygens (including phenoxy) is 3. The number of amides is 3. The van der Waals surface area contributed by atoms with Crippen LogP contribution in [0.3, 0.4) is 0 Å². The Morgan fingerprint density at radius 3 is 2.79 bits per heavy atom. The van der Waals surface area contributed by atoms with Gasteiger partial charge < -0.3 is 19.1 Å². The van der Waals surface area contributed by atoms with Crippen LogP contribution in [0.1, 0.15) is 12.0 Å². The van der Waals surface area contributed by atoms with Gasteiger partial charge >= 0.3 is 6.09 Å². The number of hydrogen-bond donors (Lipinski definition) is 0. The molecule has 0 aliphatic carbocycles. The topological polar surface area (TPSA) is 85.4 Å². The summed E-state index contributed by atoms with van der Waals surface area (Å²) in [5.41, 5.74) is 0.837. The molecule has 3 aliphatic rings. The highest BCUT2D eigenvalue weighted by molar-refractivity contribution is 5.98. The number of carbonyl (C=O) groups is 3. The Bertz CT molecular complexity index is 703. The fourth-order valence-electron chi connectivity index (χ4n) is 3.23. The van der Waals surface area contributed by atoms with Gasteiger partial charge in [-0.1, -0.05) is 6.07 Å². The maximum atomic E-state index is 12.5. The van der Waals surface area contributed by atoms with E-state index in [1.165, 1.54) is 0 Å². The van der Waals surface area contributed by atoms with Crippen molar-refractivity contribution in [3.05, 3.63) is 23.8 Å². The molecule has 3 amide bonds. The molecule has 0 spiro atoms. The maximum Gasteiger partial charge on any atom is 0.417 e. The van der Waals surface area contributed by atoms with Crippen LogP contribution in [0.5, 0.6) is 11.5 Å². The first kappa shape index (κ1) is 14.8. The molecule has 4 rings (SSSR count). The van der Waals surface area contributed by atoms with Crippen LogP contribution in [0.4, 0.5) is 4.79 Å². The smallest absolute Gasteiger partial charge is 0.417 e. The van der Waals surface area contributed by atoms with Crippen LogP contribution in [0.2, 0.25) is 0 Å². The maximum absolute atomic E-state index is 12.5. The Morgan fingerprint density at radius 1 is 1.17 bits per heavy atom. The Hall–Kier alpha value is -2.77. The molecule has 8 nitrogen and oxygen atoms in total. The highest BCUT2D eigenvalue weighted by atomic mass is 16.7. The van der Waals surface area contributed by atoms with Crippen molar-refractivity contribution in [2.24, 2.45) is 0 Å². The molecule has 1 aromatic rings. The monoisotopic (exact) mass is 332 g/mol. The van der Waals surface area contributed by atoms with E-state index in [0.717, 1.165) is 10.5 Å². The zero-order chi connectivity index (χ0) is 16.7. The predicted octanol–water partition coefficient (Wildman–Crippen LogP) is 0.537. The van der Waals surface area contributed by atoms with Gasteiger partial charge in [-0.25, -0.2) is 9.69 Å². The van der Waals surface area contributed by atoms with Gasteiger partial charge in [0.1, 0.15) is 0 Å². The Balaban J connectivity index is 1.39. The van der Waals surface area contributed by atoms with E-state index < -0.39 is 6.09 Å². The van der Waals surface area contributed by atoms with Crippen molar-refractivity contribution in [1.82, 2.24) is 9.80 Å². The van der Waals surface area contributed by atoms with Gasteiger partial charge in [0.05, 0.1) is 12.5 Å². The number of hydrogen-bond acceptors (Lipinski definition) is 6. The van der Waals surface area contributed by atoms with Gasteiger partial charge in [-0.3, -0.25) is 9.59 Å². The van der Waals surface area contributed by atoms with E-state index in [9.17, 15) is 14.4 Å². The molecule has 0 radical (unpaired) electrons. The zero-order valence-electron chi connectivity index (χ0n) is 12.9. The van der Waals surface area contributed by atoms with Gasteiger partial charge in [0.2, 0.25) is 12.7 Å². The number of fused-ring (bicyclic) bond motifs is 1. The number of cyclic esters (lactones) is 1. The van der Waals surface area contributed by atoms with Crippen LogP contribution >= 0.6 is 0 Å². The molecule has 3 heterocycles. The molecule has 1 unspecified atom stereocenters. The number of likely N-dealkylation sites (tertiary alicyclic amines) is 1. The second-order valence-electron chi connectivity index (χ2n) is 5.96. The minimum absolute atomic E-state index is 0.0450. The van der Waals surface area contributed by atoms with E-state index in [4.69, 9.17) is 14.2 Å². The lowest BCUT2D eigenvalue weighted by molar-refractivity contribution is -0.131. The third-order valence-corrected chi connectivity index (χ3v) is 4.46. The van der Waals surface area contributed by atoms with Crippen molar-refractivity contribution in [1.29, 1.82) is 0 Å². The van der Waals surface area contributed by atoms with E-state index in [2.05, 4.69) is 0 Å². The van der Waals surface area contributed by atoms with Crippen LogP contribution in [-0.4, -0.2) is 60.2 Å². The van der Waals surface area contributed by atoms with Crippen molar-refractivity contribution in [3.63, 3.8) is 0 Å². The fraction of sp³-hybridized carbons (Fsp3) is 0.438. The molecule has 2 fully saturated rings. The molecule has 0 N–H and O–H groups in total. The number of imide groups is 1. The average Bonchev–Trinajstić information content (AvgIpc) is 3.27. The van der Waals surface area contributed by atoms with Crippen molar-refractivity contribution in [3.8, 4) is 11.5 Å². The van der Waals surface area contributed by atoms with E-state index >= 15 is 0 Å². The van der Waals surface area contributed by atoms with Crippen LogP contribution in [0.25, 0.3) is 0 Å². The Kier molecular flexibility index (Phi) is 3.51. The number of nitrogens with zero attached hydrogens (tertiary/aromatic N) is 2. The number of carbonyl (C=O) groups excluding carboxylic acids is 3. The average molecular weight is 332 g/mol. The molecule has 0 saturated carbocycles. The normalized spacial score (nSPS) is 22.2. The highest BCUT2D eigenvalue weighted by Crippen LogP contribution is 2.32. The molecular weight excluding hydrogens is 316 g/mol. The lowest BCUT2D eigenvalue weighted by Gasteiger charge is -2.20. The quantitative estimate of drug-likeness (QED) is 0.803. The summed E-state index contributed by atoms with van der Waals surface area (Å²) in [6, 6.07) is 5.12. The first-order valence-electron chi connectivity index (χ1n) is 7.77. The van der Waals surface area contributed by atoms with Gasteiger partial charge in [-0.2, -0.15) is 0 Å². The van der Waals surface area contributed by atoms with E-state index in [1.807, 2.05) is 6.07 Å². The lowest BCUT2D eigenvalue weighted by atomic mass is 10.1. The van der Waals surface area contributed by atoms with Gasteiger partial charge in [0.15, 0.2) is 18.1 Å². The third-order valence-electron chi connectivity index (χ3n) is 4.46. The summed E-state index contributed by atoms with van der Waals surface area (Å²) < 4.78 is 15.3. The summed E-state index contributed by atoms with van der Waals surface area (Å²) in [4.78, 5) is 38.6. The lowest BCUT2D eigenvalue weighted by Crippen LogP contribution is -2.42. The Morgan fingerprint density at radius 2 is 2.00 bits per heavy atom. The molecule has 1 aromatic carbocycles. The first-order valence-corrected chi connectivity index (χ1v) is 7.77. The van der Waals surface area contributed by atoms with Crippen LogP contribution in [0.15, 0.2) is 18.2 Å². The van der Waals surface area contributed by atoms with Gasteiger partial charge in [-0.15, -0.1) is 0 Å². The molecule has 126 valence electrons. The van der Waals surface area contributed by atoms with Crippen LogP contribution in [-0.2, 0) is 20.7 Å².